The Morgan fingerprint density at radius 1 is 1.56 bits per heavy atom. The van der Waals surface area contributed by atoms with Crippen LogP contribution in [0.2, 0.25) is 0 Å². The summed E-state index contributed by atoms with van der Waals surface area (Å²) in [5.41, 5.74) is 1.02. The second-order valence-corrected chi connectivity index (χ2v) is 1.41. The van der Waals surface area contributed by atoms with Gasteiger partial charge in [0.15, 0.2) is 0 Å². The molecule has 0 aliphatic heterocycles. The van der Waals surface area contributed by atoms with Gasteiger partial charge < -0.3 is 17.0 Å². The van der Waals surface area contributed by atoms with Gasteiger partial charge >= 0.3 is 0 Å². The SMILES string of the molecule is Cc1ccc[c]n1.[Br-].[Zn]. The molecule has 1 heterocycles. The molecule has 0 bridgehead atoms. The molecule has 0 aliphatic carbocycles. The molecule has 0 unspecified atom stereocenters. The van der Waals surface area contributed by atoms with Crippen molar-refractivity contribution in [3.05, 3.63) is 30.1 Å². The van der Waals surface area contributed by atoms with Crippen molar-refractivity contribution in [2.45, 2.75) is 6.92 Å². The Hall–Kier alpha value is 0.253. The molecule has 0 amide bonds. The van der Waals surface area contributed by atoms with Crippen LogP contribution in [0.15, 0.2) is 18.2 Å². The second kappa shape index (κ2) is 6.37. The minimum Gasteiger partial charge on any atom is -1.00 e. The van der Waals surface area contributed by atoms with Crippen LogP contribution in [-0.2, 0) is 19.5 Å². The quantitative estimate of drug-likeness (QED) is 0.485. The van der Waals surface area contributed by atoms with Crippen molar-refractivity contribution in [3.63, 3.8) is 0 Å². The molecule has 1 rings (SSSR count). The van der Waals surface area contributed by atoms with Crippen LogP contribution in [0.3, 0.4) is 0 Å². The van der Waals surface area contributed by atoms with Gasteiger partial charge in [-0.25, -0.2) is 0 Å². The summed E-state index contributed by atoms with van der Waals surface area (Å²) < 4.78 is 0. The van der Waals surface area contributed by atoms with E-state index < -0.39 is 0 Å². The standard InChI is InChI=1S/C6H6N.BrH.Zn/c1-6-4-2-3-5-7-6;;/h2-4H,1H3;1H;/p-1. The summed E-state index contributed by atoms with van der Waals surface area (Å²) in [5.74, 6) is 0. The zero-order chi connectivity index (χ0) is 5.11. The monoisotopic (exact) mass is 235 g/mol. The largest absolute Gasteiger partial charge is 1.00 e. The van der Waals surface area contributed by atoms with Gasteiger partial charge in [0.05, 0.1) is 6.20 Å². The fourth-order valence-electron chi connectivity index (χ4n) is 0.407. The van der Waals surface area contributed by atoms with Crippen molar-refractivity contribution < 1.29 is 36.5 Å². The molecular weight excluding hydrogens is 231 g/mol. The Bertz CT molecular complexity index is 143. The molecule has 0 aromatic carbocycles. The number of nitrogens with zero attached hydrogens (tertiary/aromatic N) is 1. The van der Waals surface area contributed by atoms with E-state index in [-0.39, 0.29) is 36.5 Å². The average Bonchev–Trinajstić information content (AvgIpc) is 1.69. The van der Waals surface area contributed by atoms with E-state index in [2.05, 4.69) is 11.2 Å². The van der Waals surface area contributed by atoms with E-state index >= 15 is 0 Å². The van der Waals surface area contributed by atoms with E-state index in [0.29, 0.717) is 0 Å². The van der Waals surface area contributed by atoms with Crippen LogP contribution in [0, 0.1) is 13.1 Å². The zero-order valence-electron chi connectivity index (χ0n) is 5.26. The van der Waals surface area contributed by atoms with Crippen LogP contribution >= 0.6 is 0 Å². The Labute approximate surface area is 78.4 Å². The second-order valence-electron chi connectivity index (χ2n) is 1.41. The van der Waals surface area contributed by atoms with Gasteiger partial charge in [0, 0.05) is 25.2 Å². The summed E-state index contributed by atoms with van der Waals surface area (Å²) in [7, 11) is 0. The van der Waals surface area contributed by atoms with Crippen molar-refractivity contribution in [2.24, 2.45) is 0 Å². The van der Waals surface area contributed by atoms with Crippen LogP contribution in [-0.4, -0.2) is 4.98 Å². The maximum absolute atomic E-state index is 3.85. The van der Waals surface area contributed by atoms with E-state index in [9.17, 15) is 0 Å². The van der Waals surface area contributed by atoms with Crippen molar-refractivity contribution in [1.29, 1.82) is 0 Å². The minimum atomic E-state index is 0. The molecule has 0 fully saturated rings. The Kier molecular flexibility index (Phi) is 8.49. The van der Waals surface area contributed by atoms with Crippen molar-refractivity contribution in [2.75, 3.05) is 0 Å². The van der Waals surface area contributed by atoms with E-state index in [1.165, 1.54) is 0 Å². The molecular formula is C6H6BrNZn-. The van der Waals surface area contributed by atoms with Crippen LogP contribution < -0.4 is 17.0 Å². The maximum atomic E-state index is 3.85. The van der Waals surface area contributed by atoms with Gasteiger partial charge in [-0.05, 0) is 19.1 Å². The zero-order valence-corrected chi connectivity index (χ0v) is 9.82. The molecule has 0 atom stereocenters. The van der Waals surface area contributed by atoms with Crippen molar-refractivity contribution in [3.8, 4) is 0 Å². The molecule has 0 spiro atoms. The fourth-order valence-corrected chi connectivity index (χ4v) is 0.407. The molecule has 1 radical (unpaired) electrons. The fraction of sp³-hybridized carbons (Fsp3) is 0.167. The van der Waals surface area contributed by atoms with E-state index in [0.717, 1.165) is 5.69 Å². The van der Waals surface area contributed by atoms with Crippen LogP contribution in [0.1, 0.15) is 5.69 Å². The summed E-state index contributed by atoms with van der Waals surface area (Å²) in [5, 5.41) is 0. The first kappa shape index (κ1) is 12.0. The van der Waals surface area contributed by atoms with E-state index in [1.54, 1.807) is 6.07 Å². The van der Waals surface area contributed by atoms with Crippen molar-refractivity contribution in [1.82, 2.24) is 4.98 Å². The maximum Gasteiger partial charge on any atom is 0.0889 e. The molecule has 1 aromatic rings. The topological polar surface area (TPSA) is 12.9 Å². The third-order valence-corrected chi connectivity index (χ3v) is 0.749. The first-order valence-corrected chi connectivity index (χ1v) is 2.19. The molecule has 0 saturated carbocycles. The van der Waals surface area contributed by atoms with Gasteiger partial charge in [0.25, 0.3) is 0 Å². The van der Waals surface area contributed by atoms with Crippen LogP contribution in [0.4, 0.5) is 0 Å². The normalized spacial score (nSPS) is 6.78. The van der Waals surface area contributed by atoms with Gasteiger partial charge in [-0.1, -0.05) is 6.07 Å². The molecule has 0 N–H and O–H groups in total. The van der Waals surface area contributed by atoms with E-state index in [1.807, 2.05) is 19.1 Å². The molecule has 1 nitrogen and oxygen atoms in total. The van der Waals surface area contributed by atoms with Gasteiger partial charge in [-0.2, -0.15) is 0 Å². The predicted molar refractivity (Wildman–Crippen MR) is 27.8 cm³/mol. The molecule has 0 saturated heterocycles. The number of aryl methyl sites for hydroxylation is 1. The molecule has 45 valence electrons. The van der Waals surface area contributed by atoms with Gasteiger partial charge in [0.2, 0.25) is 0 Å². The molecule has 9 heavy (non-hydrogen) atoms. The minimum absolute atomic E-state index is 0. The van der Waals surface area contributed by atoms with Crippen LogP contribution in [0.25, 0.3) is 0 Å². The Morgan fingerprint density at radius 3 is 2.44 bits per heavy atom. The average molecular weight is 237 g/mol. The van der Waals surface area contributed by atoms with Gasteiger partial charge in [0.1, 0.15) is 0 Å². The van der Waals surface area contributed by atoms with Crippen molar-refractivity contribution >= 4 is 0 Å². The first-order valence-electron chi connectivity index (χ1n) is 2.19. The van der Waals surface area contributed by atoms with Gasteiger partial charge in [-0.3, -0.25) is 4.98 Å². The molecule has 0 aliphatic rings. The summed E-state index contributed by atoms with van der Waals surface area (Å²) in [4.78, 5) is 3.85. The third-order valence-electron chi connectivity index (χ3n) is 0.749. The summed E-state index contributed by atoms with van der Waals surface area (Å²) >= 11 is 0. The molecule has 1 aromatic heterocycles. The number of rotatable bonds is 0. The first-order chi connectivity index (χ1) is 3.39. The van der Waals surface area contributed by atoms with Crippen LogP contribution in [0.5, 0.6) is 0 Å². The van der Waals surface area contributed by atoms with Gasteiger partial charge in [-0.15, -0.1) is 0 Å². The summed E-state index contributed by atoms with van der Waals surface area (Å²) in [6, 6.07) is 5.64. The number of aromatic nitrogens is 1. The summed E-state index contributed by atoms with van der Waals surface area (Å²) in [6.07, 6.45) is 2.71. The number of hydrogen-bond acceptors (Lipinski definition) is 1. The number of halogens is 1. The number of hydrogen-bond donors (Lipinski definition) is 0. The van der Waals surface area contributed by atoms with E-state index in [4.69, 9.17) is 0 Å². The third kappa shape index (κ3) is 4.74. The smallest absolute Gasteiger partial charge is 0.0889 e. The number of pyridine rings is 1. The Morgan fingerprint density at radius 2 is 2.22 bits per heavy atom. The Balaban J connectivity index is 0. The summed E-state index contributed by atoms with van der Waals surface area (Å²) in [6.45, 7) is 1.94. The molecule has 3 heteroatoms. The predicted octanol–water partition coefficient (Wildman–Crippen LogP) is -1.81.